The molecule has 0 radical (unpaired) electrons. The molecule has 0 aliphatic heterocycles. The van der Waals surface area contributed by atoms with Crippen LogP contribution in [0.25, 0.3) is 11.3 Å². The second kappa shape index (κ2) is 12.7. The van der Waals surface area contributed by atoms with E-state index in [2.05, 4.69) is 15.1 Å². The average molecular weight is 568 g/mol. The number of carbonyl (C=O) groups excluding carboxylic acids is 1. The van der Waals surface area contributed by atoms with E-state index in [1.165, 1.54) is 36.4 Å². The van der Waals surface area contributed by atoms with Gasteiger partial charge in [-0.25, -0.2) is 19.1 Å². The van der Waals surface area contributed by atoms with Crippen LogP contribution >= 0.6 is 0 Å². The number of rotatable bonds is 12. The summed E-state index contributed by atoms with van der Waals surface area (Å²) in [5.74, 6) is -0.971. The van der Waals surface area contributed by atoms with Crippen LogP contribution < -0.4 is 14.2 Å². The maximum atomic E-state index is 14.4. The first-order valence-corrected chi connectivity index (χ1v) is 14.1. The molecule has 210 valence electrons. The number of sulfonamides is 1. The van der Waals surface area contributed by atoms with Gasteiger partial charge in [-0.2, -0.15) is 13.5 Å². The van der Waals surface area contributed by atoms with Gasteiger partial charge in [-0.3, -0.25) is 9.48 Å². The molecule has 0 saturated carbocycles. The van der Waals surface area contributed by atoms with Gasteiger partial charge in [0.2, 0.25) is 5.88 Å². The summed E-state index contributed by atoms with van der Waals surface area (Å²) in [6.07, 6.45) is 4.01. The minimum absolute atomic E-state index is 0.100. The van der Waals surface area contributed by atoms with Crippen LogP contribution in [0.1, 0.15) is 36.3 Å². The van der Waals surface area contributed by atoms with E-state index in [0.29, 0.717) is 42.3 Å². The molecule has 40 heavy (non-hydrogen) atoms. The minimum Gasteiger partial charge on any atom is -0.493 e. The Kier molecular flexibility index (Phi) is 9.10. The monoisotopic (exact) mass is 567 g/mol. The van der Waals surface area contributed by atoms with Crippen molar-refractivity contribution in [2.24, 2.45) is 5.92 Å². The van der Waals surface area contributed by atoms with E-state index < -0.39 is 21.7 Å². The lowest BCUT2D eigenvalue weighted by Gasteiger charge is -2.14. The predicted octanol–water partition coefficient (Wildman–Crippen LogP) is 4.41. The fourth-order valence-electron chi connectivity index (χ4n) is 3.67. The minimum atomic E-state index is -4.26. The number of benzene rings is 1. The molecule has 0 atom stereocenters. The quantitative estimate of drug-likeness (QED) is 0.250. The number of halogens is 1. The Morgan fingerprint density at radius 1 is 1.07 bits per heavy atom. The lowest BCUT2D eigenvalue weighted by atomic mass is 10.1. The molecule has 10 nitrogen and oxygen atoms in total. The molecular formula is C28H30FN5O5S. The molecule has 0 saturated heterocycles. The van der Waals surface area contributed by atoms with Gasteiger partial charge in [0.15, 0.2) is 5.03 Å². The fourth-order valence-corrected chi connectivity index (χ4v) is 4.65. The number of nitrogens with zero attached hydrogens (tertiary/aromatic N) is 4. The summed E-state index contributed by atoms with van der Waals surface area (Å²) in [7, 11) is -4.26. The molecule has 0 aliphatic rings. The maximum Gasteiger partial charge on any atom is 0.281 e. The highest BCUT2D eigenvalue weighted by molar-refractivity contribution is 7.90. The molecule has 1 aromatic carbocycles. The number of hydrogen-bond acceptors (Lipinski definition) is 8. The van der Waals surface area contributed by atoms with Crippen molar-refractivity contribution >= 4 is 15.9 Å². The van der Waals surface area contributed by atoms with Crippen LogP contribution in [0.4, 0.5) is 4.39 Å². The third-order valence-corrected chi connectivity index (χ3v) is 6.78. The van der Waals surface area contributed by atoms with Gasteiger partial charge >= 0.3 is 0 Å². The number of amides is 1. The smallest absolute Gasteiger partial charge is 0.281 e. The van der Waals surface area contributed by atoms with Crippen LogP contribution in [0.2, 0.25) is 0 Å². The molecule has 3 aromatic heterocycles. The number of nitrogens with one attached hydrogen (secondary N) is 1. The van der Waals surface area contributed by atoms with Gasteiger partial charge in [0, 0.05) is 42.7 Å². The topological polar surface area (TPSA) is 125 Å². The van der Waals surface area contributed by atoms with Crippen molar-refractivity contribution in [2.75, 3.05) is 13.2 Å². The van der Waals surface area contributed by atoms with Crippen molar-refractivity contribution in [1.82, 2.24) is 24.5 Å². The molecule has 1 N–H and O–H groups in total. The van der Waals surface area contributed by atoms with Crippen molar-refractivity contribution in [2.45, 2.75) is 38.8 Å². The van der Waals surface area contributed by atoms with Gasteiger partial charge in [0.1, 0.15) is 17.1 Å². The van der Waals surface area contributed by atoms with E-state index in [0.717, 1.165) is 0 Å². The molecule has 0 fully saturated rings. The molecule has 4 aromatic rings. The summed E-state index contributed by atoms with van der Waals surface area (Å²) in [6.45, 7) is 6.74. The Bertz CT molecular complexity index is 1580. The van der Waals surface area contributed by atoms with E-state index >= 15 is 0 Å². The van der Waals surface area contributed by atoms with Crippen LogP contribution in [-0.4, -0.2) is 47.3 Å². The Morgan fingerprint density at radius 2 is 1.90 bits per heavy atom. The summed E-state index contributed by atoms with van der Waals surface area (Å²) < 4.78 is 55.4. The third-order valence-electron chi connectivity index (χ3n) is 5.55. The molecular weight excluding hydrogens is 537 g/mol. The number of hydrogen-bond donors (Lipinski definition) is 1. The number of aryl methyl sites for hydroxylation is 2. The predicted molar refractivity (Wildman–Crippen MR) is 146 cm³/mol. The number of ether oxygens (including phenoxy) is 2. The van der Waals surface area contributed by atoms with Crippen molar-refractivity contribution < 1.29 is 27.1 Å². The molecule has 0 unspecified atom stereocenters. The highest BCUT2D eigenvalue weighted by atomic mass is 32.2. The highest BCUT2D eigenvalue weighted by Crippen LogP contribution is 2.28. The highest BCUT2D eigenvalue weighted by Gasteiger charge is 2.24. The summed E-state index contributed by atoms with van der Waals surface area (Å²) in [5.41, 5.74) is 1.10. The molecule has 12 heteroatoms. The van der Waals surface area contributed by atoms with Crippen LogP contribution in [0.3, 0.4) is 0 Å². The zero-order chi connectivity index (χ0) is 28.7. The van der Waals surface area contributed by atoms with Crippen LogP contribution in [0, 0.1) is 18.7 Å². The lowest BCUT2D eigenvalue weighted by Crippen LogP contribution is -2.31. The number of aromatic nitrogens is 4. The summed E-state index contributed by atoms with van der Waals surface area (Å²) in [4.78, 5) is 21.6. The number of pyridine rings is 2. The zero-order valence-electron chi connectivity index (χ0n) is 22.4. The van der Waals surface area contributed by atoms with E-state index in [-0.39, 0.29) is 29.0 Å². The van der Waals surface area contributed by atoms with Crippen LogP contribution in [-0.2, 0) is 16.6 Å². The van der Waals surface area contributed by atoms with Gasteiger partial charge in [-0.15, -0.1) is 0 Å². The molecule has 4 rings (SSSR count). The number of carbonyl (C=O) groups is 1. The van der Waals surface area contributed by atoms with Crippen molar-refractivity contribution in [3.63, 3.8) is 0 Å². The first-order chi connectivity index (χ1) is 19.1. The standard InChI is InChI=1S/C28H30FN5O5S/c1-19(2)18-39-23-16-21(15-22(29)17-23)25-10-9-24(28(32-25)38-14-6-13-34-12-5-11-30-34)27(35)33-40(36,37)26-8-4-7-20(3)31-26/h4-5,7-12,15-17,19H,6,13-14,18H2,1-3H3,(H,33,35). The fraction of sp³-hybridized carbons (Fsp3) is 0.286. The van der Waals surface area contributed by atoms with E-state index in [9.17, 15) is 17.6 Å². The first kappa shape index (κ1) is 28.7. The second-order valence-electron chi connectivity index (χ2n) is 9.45. The SMILES string of the molecule is Cc1cccc(S(=O)(=O)NC(=O)c2ccc(-c3cc(F)cc(OCC(C)C)c3)nc2OCCCn2cccn2)n1. The van der Waals surface area contributed by atoms with Crippen molar-refractivity contribution in [1.29, 1.82) is 0 Å². The van der Waals surface area contributed by atoms with Crippen molar-refractivity contribution in [3.8, 4) is 22.9 Å². The third kappa shape index (κ3) is 7.63. The van der Waals surface area contributed by atoms with Gasteiger partial charge in [-0.1, -0.05) is 19.9 Å². The Balaban J connectivity index is 1.62. The van der Waals surface area contributed by atoms with Gasteiger partial charge in [-0.05, 0) is 55.3 Å². The van der Waals surface area contributed by atoms with Crippen LogP contribution in [0.5, 0.6) is 11.6 Å². The molecule has 0 bridgehead atoms. The molecule has 0 spiro atoms. The van der Waals surface area contributed by atoms with Gasteiger partial charge < -0.3 is 9.47 Å². The zero-order valence-corrected chi connectivity index (χ0v) is 23.2. The first-order valence-electron chi connectivity index (χ1n) is 12.7. The largest absolute Gasteiger partial charge is 0.493 e. The van der Waals surface area contributed by atoms with Crippen LogP contribution in [0.15, 0.2) is 72.0 Å². The lowest BCUT2D eigenvalue weighted by molar-refractivity contribution is 0.0976. The Labute approximate surface area is 232 Å². The van der Waals surface area contributed by atoms with E-state index in [1.807, 2.05) is 24.8 Å². The summed E-state index contributed by atoms with van der Waals surface area (Å²) in [6, 6.07) is 13.4. The molecule has 0 aliphatic carbocycles. The molecule has 3 heterocycles. The van der Waals surface area contributed by atoms with E-state index in [1.54, 1.807) is 36.0 Å². The second-order valence-corrected chi connectivity index (χ2v) is 11.1. The summed E-state index contributed by atoms with van der Waals surface area (Å²) >= 11 is 0. The molecule has 1 amide bonds. The van der Waals surface area contributed by atoms with Gasteiger partial charge in [0.25, 0.3) is 15.9 Å². The average Bonchev–Trinajstić information content (AvgIpc) is 3.43. The Hall–Kier alpha value is -4.32. The normalized spacial score (nSPS) is 11.4. The summed E-state index contributed by atoms with van der Waals surface area (Å²) in [5, 5.41) is 3.85. The maximum absolute atomic E-state index is 14.4. The van der Waals surface area contributed by atoms with E-state index in [4.69, 9.17) is 9.47 Å². The van der Waals surface area contributed by atoms with Gasteiger partial charge in [0.05, 0.1) is 18.9 Å². The Morgan fingerprint density at radius 3 is 2.62 bits per heavy atom. The van der Waals surface area contributed by atoms with Crippen molar-refractivity contribution in [3.05, 3.63) is 84.1 Å².